The van der Waals surface area contributed by atoms with E-state index in [1.165, 1.54) is 16.4 Å². The summed E-state index contributed by atoms with van der Waals surface area (Å²) in [5.74, 6) is -0.833. The largest absolute Gasteiger partial charge is 0.494 e. The maximum Gasteiger partial charge on any atom is 0.309 e. The van der Waals surface area contributed by atoms with Crippen molar-refractivity contribution < 1.29 is 27.5 Å². The summed E-state index contributed by atoms with van der Waals surface area (Å²) in [5, 5.41) is 3.16. The Labute approximate surface area is 198 Å². The van der Waals surface area contributed by atoms with Gasteiger partial charge < -0.3 is 14.8 Å². The molecule has 1 saturated heterocycles. The van der Waals surface area contributed by atoms with Gasteiger partial charge in [0.15, 0.2) is 6.61 Å². The van der Waals surface area contributed by atoms with Crippen LogP contribution in [0.4, 0.5) is 5.69 Å². The predicted molar refractivity (Wildman–Crippen MR) is 125 cm³/mol. The zero-order chi connectivity index (χ0) is 24.0. The van der Waals surface area contributed by atoms with E-state index in [4.69, 9.17) is 21.1 Å². The number of rotatable bonds is 8. The van der Waals surface area contributed by atoms with Crippen LogP contribution >= 0.6 is 11.6 Å². The van der Waals surface area contributed by atoms with Crippen LogP contribution in [0.5, 0.6) is 5.75 Å². The van der Waals surface area contributed by atoms with Crippen LogP contribution in [-0.2, 0) is 24.3 Å². The Morgan fingerprint density at radius 1 is 1.12 bits per heavy atom. The SMILES string of the molecule is CCOc1ccc(S(=O)(=O)N2CCC(C(=O)OCC(=O)Nc3cc(Cl)ccc3C)CC2)cc1. The first kappa shape index (κ1) is 25.0. The van der Waals surface area contributed by atoms with Crippen LogP contribution in [0, 0.1) is 12.8 Å². The first-order valence-electron chi connectivity index (χ1n) is 10.7. The van der Waals surface area contributed by atoms with Crippen molar-refractivity contribution in [3.8, 4) is 5.75 Å². The van der Waals surface area contributed by atoms with Gasteiger partial charge in [-0.2, -0.15) is 4.31 Å². The molecule has 1 fully saturated rings. The summed E-state index contributed by atoms with van der Waals surface area (Å²) in [7, 11) is -3.66. The Hall–Kier alpha value is -2.62. The molecule has 0 radical (unpaired) electrons. The van der Waals surface area contributed by atoms with Crippen molar-refractivity contribution in [2.24, 2.45) is 5.92 Å². The molecule has 178 valence electrons. The molecule has 1 N–H and O–H groups in total. The van der Waals surface area contributed by atoms with E-state index in [9.17, 15) is 18.0 Å². The monoisotopic (exact) mass is 494 g/mol. The van der Waals surface area contributed by atoms with Crippen molar-refractivity contribution in [1.29, 1.82) is 0 Å². The second-order valence-electron chi connectivity index (χ2n) is 7.70. The number of sulfonamides is 1. The molecule has 1 heterocycles. The molecule has 0 spiro atoms. The molecule has 1 aliphatic heterocycles. The highest BCUT2D eigenvalue weighted by atomic mass is 35.5. The van der Waals surface area contributed by atoms with Gasteiger partial charge >= 0.3 is 5.97 Å². The lowest BCUT2D eigenvalue weighted by molar-refractivity contribution is -0.152. The standard InChI is InChI=1S/C23H27ClN2O6S/c1-3-31-19-6-8-20(9-7-19)33(29,30)26-12-10-17(11-13-26)23(28)32-15-22(27)25-21-14-18(24)5-4-16(21)2/h4-9,14,17H,3,10-13,15H2,1-2H3,(H,25,27). The van der Waals surface area contributed by atoms with Crippen LogP contribution < -0.4 is 10.1 Å². The van der Waals surface area contributed by atoms with E-state index in [1.54, 1.807) is 30.3 Å². The minimum absolute atomic E-state index is 0.181. The third-order valence-corrected chi connectivity index (χ3v) is 7.53. The van der Waals surface area contributed by atoms with E-state index < -0.39 is 34.4 Å². The van der Waals surface area contributed by atoms with Crippen molar-refractivity contribution in [2.75, 3.05) is 31.6 Å². The van der Waals surface area contributed by atoms with Crippen LogP contribution in [0.2, 0.25) is 5.02 Å². The van der Waals surface area contributed by atoms with Gasteiger partial charge in [0.25, 0.3) is 5.91 Å². The van der Waals surface area contributed by atoms with Gasteiger partial charge in [-0.3, -0.25) is 9.59 Å². The van der Waals surface area contributed by atoms with Crippen LogP contribution in [-0.4, -0.2) is 50.9 Å². The maximum absolute atomic E-state index is 12.9. The fourth-order valence-corrected chi connectivity index (χ4v) is 5.17. The maximum atomic E-state index is 12.9. The molecule has 0 saturated carbocycles. The Morgan fingerprint density at radius 2 is 1.79 bits per heavy atom. The van der Waals surface area contributed by atoms with E-state index in [-0.39, 0.29) is 18.0 Å². The number of benzene rings is 2. The second kappa shape index (κ2) is 11.0. The van der Waals surface area contributed by atoms with Crippen LogP contribution in [0.15, 0.2) is 47.4 Å². The van der Waals surface area contributed by atoms with Crippen LogP contribution in [0.1, 0.15) is 25.3 Å². The van der Waals surface area contributed by atoms with Crippen molar-refractivity contribution in [1.82, 2.24) is 4.31 Å². The lowest BCUT2D eigenvalue weighted by Crippen LogP contribution is -2.40. The number of halogens is 1. The van der Waals surface area contributed by atoms with Crippen molar-refractivity contribution >= 4 is 39.2 Å². The summed E-state index contributed by atoms with van der Waals surface area (Å²) in [5.41, 5.74) is 1.39. The number of aryl methyl sites for hydroxylation is 1. The van der Waals surface area contributed by atoms with E-state index in [0.717, 1.165) is 5.56 Å². The minimum Gasteiger partial charge on any atom is -0.494 e. The van der Waals surface area contributed by atoms with Gasteiger partial charge in [-0.25, -0.2) is 8.42 Å². The lowest BCUT2D eigenvalue weighted by atomic mass is 9.98. The van der Waals surface area contributed by atoms with Crippen molar-refractivity contribution in [3.63, 3.8) is 0 Å². The predicted octanol–water partition coefficient (Wildman–Crippen LogP) is 3.63. The van der Waals surface area contributed by atoms with Gasteiger partial charge in [-0.05, 0) is 68.7 Å². The van der Waals surface area contributed by atoms with Gasteiger partial charge in [0.2, 0.25) is 10.0 Å². The first-order valence-corrected chi connectivity index (χ1v) is 12.5. The summed E-state index contributed by atoms with van der Waals surface area (Å²) >= 11 is 5.94. The normalized spacial score (nSPS) is 15.1. The van der Waals surface area contributed by atoms with Gasteiger partial charge in [0, 0.05) is 23.8 Å². The molecule has 0 aromatic heterocycles. The number of carbonyl (C=O) groups is 2. The van der Waals surface area contributed by atoms with Gasteiger partial charge in [-0.1, -0.05) is 17.7 Å². The average Bonchev–Trinajstić information content (AvgIpc) is 2.80. The highest BCUT2D eigenvalue weighted by molar-refractivity contribution is 7.89. The highest BCUT2D eigenvalue weighted by Gasteiger charge is 2.33. The van der Waals surface area contributed by atoms with E-state index in [2.05, 4.69) is 5.32 Å². The molecule has 2 aromatic carbocycles. The number of ether oxygens (including phenoxy) is 2. The first-order chi connectivity index (χ1) is 15.7. The molecule has 2 aromatic rings. The summed E-state index contributed by atoms with van der Waals surface area (Å²) in [6, 6.07) is 11.4. The van der Waals surface area contributed by atoms with Gasteiger partial charge in [0.1, 0.15) is 5.75 Å². The molecular formula is C23H27ClN2O6S. The zero-order valence-corrected chi connectivity index (χ0v) is 20.1. The van der Waals surface area contributed by atoms with Crippen molar-refractivity contribution in [3.05, 3.63) is 53.1 Å². The number of nitrogens with one attached hydrogen (secondary N) is 1. The number of piperidine rings is 1. The summed E-state index contributed by atoms with van der Waals surface area (Å²) in [6.45, 7) is 4.15. The topological polar surface area (TPSA) is 102 Å². The highest BCUT2D eigenvalue weighted by Crippen LogP contribution is 2.26. The Bertz CT molecular complexity index is 1100. The third-order valence-electron chi connectivity index (χ3n) is 5.38. The smallest absolute Gasteiger partial charge is 0.309 e. The number of carbonyl (C=O) groups excluding carboxylic acids is 2. The summed E-state index contributed by atoms with van der Waals surface area (Å²) < 4.78 is 37.6. The molecule has 1 aliphatic rings. The lowest BCUT2D eigenvalue weighted by Gasteiger charge is -2.30. The Morgan fingerprint density at radius 3 is 2.42 bits per heavy atom. The van der Waals surface area contributed by atoms with Crippen molar-refractivity contribution in [2.45, 2.75) is 31.6 Å². The molecule has 10 heteroatoms. The number of nitrogens with zero attached hydrogens (tertiary/aromatic N) is 1. The Kier molecular flexibility index (Phi) is 8.34. The number of esters is 1. The van der Waals surface area contributed by atoms with E-state index >= 15 is 0 Å². The fraction of sp³-hybridized carbons (Fsp3) is 0.391. The van der Waals surface area contributed by atoms with E-state index in [1.807, 2.05) is 13.8 Å². The molecule has 0 aliphatic carbocycles. The van der Waals surface area contributed by atoms with E-state index in [0.29, 0.717) is 35.9 Å². The van der Waals surface area contributed by atoms with Gasteiger partial charge in [0.05, 0.1) is 17.4 Å². The minimum atomic E-state index is -3.66. The summed E-state index contributed by atoms with van der Waals surface area (Å²) in [6.07, 6.45) is 0.647. The molecule has 33 heavy (non-hydrogen) atoms. The molecule has 8 nitrogen and oxygen atoms in total. The zero-order valence-electron chi connectivity index (χ0n) is 18.5. The molecule has 1 amide bonds. The molecular weight excluding hydrogens is 468 g/mol. The number of hydrogen-bond acceptors (Lipinski definition) is 6. The number of hydrogen-bond donors (Lipinski definition) is 1. The summed E-state index contributed by atoms with van der Waals surface area (Å²) in [4.78, 5) is 24.7. The molecule has 0 atom stereocenters. The number of anilines is 1. The molecule has 0 unspecified atom stereocenters. The number of amides is 1. The van der Waals surface area contributed by atoms with Crippen LogP contribution in [0.3, 0.4) is 0 Å². The second-order valence-corrected chi connectivity index (χ2v) is 10.1. The molecule has 3 rings (SSSR count). The quantitative estimate of drug-likeness (QED) is 0.562. The Balaban J connectivity index is 1.49. The van der Waals surface area contributed by atoms with Crippen LogP contribution in [0.25, 0.3) is 0 Å². The van der Waals surface area contributed by atoms with Gasteiger partial charge in [-0.15, -0.1) is 0 Å². The fourth-order valence-electron chi connectivity index (χ4n) is 3.53. The third kappa shape index (κ3) is 6.46. The molecule has 0 bridgehead atoms. The average molecular weight is 495 g/mol.